The Kier molecular flexibility index (Phi) is 4.94. The van der Waals surface area contributed by atoms with Gasteiger partial charge in [-0.15, -0.1) is 11.8 Å². The van der Waals surface area contributed by atoms with Gasteiger partial charge in [0.05, 0.1) is 19.2 Å². The molecule has 0 aromatic heterocycles. The number of rotatable bonds is 3. The first-order valence-electron chi connectivity index (χ1n) is 7.62. The van der Waals surface area contributed by atoms with Crippen LogP contribution in [-0.2, 0) is 19.1 Å². The van der Waals surface area contributed by atoms with Crippen LogP contribution < -0.4 is 10.1 Å². The van der Waals surface area contributed by atoms with Crippen molar-refractivity contribution >= 4 is 35.2 Å². The van der Waals surface area contributed by atoms with Crippen LogP contribution in [0.3, 0.4) is 0 Å². The average molecular weight is 350 g/mol. The molecule has 0 radical (unpaired) electrons. The van der Waals surface area contributed by atoms with Gasteiger partial charge in [-0.3, -0.25) is 14.4 Å². The molecule has 2 heterocycles. The molecule has 2 atom stereocenters. The zero-order chi connectivity index (χ0) is 17.1. The third kappa shape index (κ3) is 3.48. The summed E-state index contributed by atoms with van der Waals surface area (Å²) >= 11 is 1.48. The highest BCUT2D eigenvalue weighted by Gasteiger charge is 2.34. The summed E-state index contributed by atoms with van der Waals surface area (Å²) in [6, 6.07) is 7.09. The summed E-state index contributed by atoms with van der Waals surface area (Å²) in [5.74, 6) is 0.336. The van der Waals surface area contributed by atoms with Crippen molar-refractivity contribution in [2.45, 2.75) is 17.8 Å². The Hall–Kier alpha value is -2.22. The molecular weight excluding hydrogens is 332 g/mol. The first-order chi connectivity index (χ1) is 11.6. The fourth-order valence-corrected chi connectivity index (χ4v) is 3.79. The van der Waals surface area contributed by atoms with Crippen molar-refractivity contribution in [3.05, 3.63) is 24.3 Å². The van der Waals surface area contributed by atoms with Gasteiger partial charge in [0.1, 0.15) is 11.0 Å². The second kappa shape index (κ2) is 7.12. The second-order valence-electron chi connectivity index (χ2n) is 5.52. The molecule has 1 saturated heterocycles. The highest BCUT2D eigenvalue weighted by Crippen LogP contribution is 2.30. The smallest absolute Gasteiger partial charge is 0.320 e. The summed E-state index contributed by atoms with van der Waals surface area (Å²) in [7, 11) is 1.33. The van der Waals surface area contributed by atoms with Gasteiger partial charge in [-0.25, -0.2) is 0 Å². The van der Waals surface area contributed by atoms with E-state index in [4.69, 9.17) is 9.47 Å². The predicted molar refractivity (Wildman–Crippen MR) is 88.9 cm³/mol. The normalized spacial score (nSPS) is 22.9. The molecule has 1 N–H and O–H groups in total. The van der Waals surface area contributed by atoms with Crippen LogP contribution in [0.1, 0.15) is 6.42 Å². The van der Waals surface area contributed by atoms with Crippen molar-refractivity contribution < 1.29 is 23.9 Å². The summed E-state index contributed by atoms with van der Waals surface area (Å²) in [6.07, 6.45) is -0.919. The van der Waals surface area contributed by atoms with Gasteiger partial charge in [-0.05, 0) is 12.1 Å². The minimum Gasteiger partial charge on any atom is -0.478 e. The summed E-state index contributed by atoms with van der Waals surface area (Å²) in [6.45, 7) is 0.836. The SMILES string of the molecule is COC(=O)[C@H]1CN(C(=O)C[C@H]2Oc3ccccc3NC2=O)CCS1. The molecule has 0 unspecified atom stereocenters. The average Bonchev–Trinajstić information content (AvgIpc) is 2.61. The van der Waals surface area contributed by atoms with Crippen LogP contribution >= 0.6 is 11.8 Å². The zero-order valence-electron chi connectivity index (χ0n) is 13.2. The van der Waals surface area contributed by atoms with Crippen molar-refractivity contribution in [2.75, 3.05) is 31.3 Å². The third-order valence-electron chi connectivity index (χ3n) is 3.95. The number of carbonyl (C=O) groups is 3. The van der Waals surface area contributed by atoms with Crippen LogP contribution in [-0.4, -0.2) is 60.0 Å². The van der Waals surface area contributed by atoms with E-state index in [2.05, 4.69) is 5.32 Å². The number of para-hydroxylation sites is 2. The number of fused-ring (bicyclic) bond motifs is 1. The standard InChI is InChI=1S/C16H18N2O5S/c1-22-16(21)13-9-18(6-7-24-13)14(19)8-12-15(20)17-10-4-2-3-5-11(10)23-12/h2-5,12-13H,6-9H2,1H3,(H,17,20)/t12-,13-/m1/s1. The molecule has 2 aliphatic heterocycles. The van der Waals surface area contributed by atoms with Gasteiger partial charge < -0.3 is 19.7 Å². The Balaban J connectivity index is 1.62. The van der Waals surface area contributed by atoms with Gasteiger partial charge in [0.15, 0.2) is 6.10 Å². The number of hydrogen-bond acceptors (Lipinski definition) is 6. The molecule has 1 aromatic carbocycles. The molecule has 0 aliphatic carbocycles. The molecule has 3 rings (SSSR count). The van der Waals surface area contributed by atoms with Gasteiger partial charge in [0, 0.05) is 18.8 Å². The molecule has 0 bridgehead atoms. The molecule has 0 spiro atoms. The summed E-state index contributed by atoms with van der Waals surface area (Å²) < 4.78 is 10.4. The van der Waals surface area contributed by atoms with Gasteiger partial charge in [-0.2, -0.15) is 0 Å². The minimum atomic E-state index is -0.862. The van der Waals surface area contributed by atoms with E-state index >= 15 is 0 Å². The summed E-state index contributed by atoms with van der Waals surface area (Å²) in [5, 5.41) is 2.36. The van der Waals surface area contributed by atoms with Crippen molar-refractivity contribution in [2.24, 2.45) is 0 Å². The van der Waals surface area contributed by atoms with E-state index in [1.165, 1.54) is 18.9 Å². The van der Waals surface area contributed by atoms with Crippen molar-refractivity contribution in [1.82, 2.24) is 4.90 Å². The van der Waals surface area contributed by atoms with Crippen LogP contribution in [0, 0.1) is 0 Å². The van der Waals surface area contributed by atoms with E-state index in [1.807, 2.05) is 0 Å². The fourth-order valence-electron chi connectivity index (χ4n) is 2.66. The van der Waals surface area contributed by atoms with Crippen LogP contribution in [0.4, 0.5) is 5.69 Å². The lowest BCUT2D eigenvalue weighted by atomic mass is 10.1. The Labute approximate surface area is 143 Å². The fraction of sp³-hybridized carbons (Fsp3) is 0.438. The number of hydrogen-bond donors (Lipinski definition) is 1. The van der Waals surface area contributed by atoms with Crippen molar-refractivity contribution in [3.8, 4) is 5.75 Å². The molecular formula is C16H18N2O5S. The number of anilines is 1. The van der Waals surface area contributed by atoms with Gasteiger partial charge in [-0.1, -0.05) is 12.1 Å². The molecule has 8 heteroatoms. The largest absolute Gasteiger partial charge is 0.478 e. The number of esters is 1. The topological polar surface area (TPSA) is 84.9 Å². The second-order valence-corrected chi connectivity index (χ2v) is 6.83. The zero-order valence-corrected chi connectivity index (χ0v) is 14.0. The van der Waals surface area contributed by atoms with Crippen molar-refractivity contribution in [1.29, 1.82) is 0 Å². The number of carbonyl (C=O) groups excluding carboxylic acids is 3. The molecule has 2 amide bonds. The monoisotopic (exact) mass is 350 g/mol. The highest BCUT2D eigenvalue weighted by atomic mass is 32.2. The minimum absolute atomic E-state index is 0.0568. The van der Waals surface area contributed by atoms with E-state index in [-0.39, 0.29) is 29.5 Å². The highest BCUT2D eigenvalue weighted by molar-refractivity contribution is 8.00. The quantitative estimate of drug-likeness (QED) is 0.815. The maximum Gasteiger partial charge on any atom is 0.320 e. The maximum absolute atomic E-state index is 12.5. The Bertz CT molecular complexity index is 666. The number of thioether (sulfide) groups is 1. The van der Waals surface area contributed by atoms with Crippen LogP contribution in [0.15, 0.2) is 24.3 Å². The van der Waals surface area contributed by atoms with E-state index in [9.17, 15) is 14.4 Å². The Morgan fingerprint density at radius 1 is 1.42 bits per heavy atom. The predicted octanol–water partition coefficient (Wildman–Crippen LogP) is 0.893. The lowest BCUT2D eigenvalue weighted by Gasteiger charge is -2.32. The van der Waals surface area contributed by atoms with Crippen LogP contribution in [0.25, 0.3) is 0 Å². The van der Waals surface area contributed by atoms with Gasteiger partial charge in [0.2, 0.25) is 5.91 Å². The number of amides is 2. The molecule has 0 saturated carbocycles. The van der Waals surface area contributed by atoms with Gasteiger partial charge >= 0.3 is 5.97 Å². The summed E-state index contributed by atoms with van der Waals surface area (Å²) in [5.41, 5.74) is 0.603. The Morgan fingerprint density at radius 2 is 2.21 bits per heavy atom. The molecule has 1 fully saturated rings. The number of nitrogens with one attached hydrogen (secondary N) is 1. The van der Waals surface area contributed by atoms with E-state index in [0.717, 1.165) is 0 Å². The van der Waals surface area contributed by atoms with Gasteiger partial charge in [0.25, 0.3) is 5.91 Å². The van der Waals surface area contributed by atoms with Crippen LogP contribution in [0.5, 0.6) is 5.75 Å². The summed E-state index contributed by atoms with van der Waals surface area (Å²) in [4.78, 5) is 37.8. The van der Waals surface area contributed by atoms with Crippen molar-refractivity contribution in [3.63, 3.8) is 0 Å². The van der Waals surface area contributed by atoms with Crippen LogP contribution in [0.2, 0.25) is 0 Å². The van der Waals surface area contributed by atoms with E-state index in [0.29, 0.717) is 30.3 Å². The number of benzene rings is 1. The molecule has 1 aromatic rings. The number of ether oxygens (including phenoxy) is 2. The number of methoxy groups -OCH3 is 1. The van der Waals surface area contributed by atoms with E-state index < -0.39 is 6.10 Å². The maximum atomic E-state index is 12.5. The lowest BCUT2D eigenvalue weighted by Crippen LogP contribution is -2.48. The third-order valence-corrected chi connectivity index (χ3v) is 5.11. The van der Waals surface area contributed by atoms with E-state index in [1.54, 1.807) is 29.2 Å². The first-order valence-corrected chi connectivity index (χ1v) is 8.67. The molecule has 128 valence electrons. The lowest BCUT2D eigenvalue weighted by molar-refractivity contribution is -0.142. The Morgan fingerprint density at radius 3 is 3.00 bits per heavy atom. The molecule has 24 heavy (non-hydrogen) atoms. The number of nitrogens with zero attached hydrogens (tertiary/aromatic N) is 1. The first kappa shape index (κ1) is 16.6. The molecule has 2 aliphatic rings. The molecule has 7 nitrogen and oxygen atoms in total.